The Balaban J connectivity index is 1.98. The Labute approximate surface area is 209 Å². The fourth-order valence-corrected chi connectivity index (χ4v) is 4.18. The van der Waals surface area contributed by atoms with E-state index in [9.17, 15) is 14.0 Å². The van der Waals surface area contributed by atoms with Gasteiger partial charge >= 0.3 is 0 Å². The van der Waals surface area contributed by atoms with Crippen LogP contribution in [0.4, 0.5) is 4.39 Å². The first-order valence-electron chi connectivity index (χ1n) is 11.5. The van der Waals surface area contributed by atoms with E-state index in [0.29, 0.717) is 12.0 Å². The molecule has 4 nitrogen and oxygen atoms in total. The molecule has 0 bridgehead atoms. The Bertz CT molecular complexity index is 1110. The molecule has 2 amide bonds. The van der Waals surface area contributed by atoms with Crippen molar-refractivity contribution in [3.63, 3.8) is 0 Å². The second-order valence-corrected chi connectivity index (χ2v) is 9.36. The molecular formula is C28H30BrFN2O2. The lowest BCUT2D eigenvalue weighted by Crippen LogP contribution is -2.52. The molecule has 3 rings (SSSR count). The predicted octanol–water partition coefficient (Wildman–Crippen LogP) is 5.69. The highest BCUT2D eigenvalue weighted by atomic mass is 79.9. The van der Waals surface area contributed by atoms with E-state index in [-0.39, 0.29) is 30.8 Å². The summed E-state index contributed by atoms with van der Waals surface area (Å²) in [4.78, 5) is 28.6. The molecule has 0 spiro atoms. The van der Waals surface area contributed by atoms with Gasteiger partial charge in [0, 0.05) is 23.5 Å². The Morgan fingerprint density at radius 2 is 1.65 bits per heavy atom. The summed E-state index contributed by atoms with van der Waals surface area (Å²) in [6.45, 7) is 4.18. The van der Waals surface area contributed by atoms with Gasteiger partial charge in [0.05, 0.1) is 6.42 Å². The van der Waals surface area contributed by atoms with Gasteiger partial charge in [0.15, 0.2) is 0 Å². The van der Waals surface area contributed by atoms with Crippen LogP contribution in [0.5, 0.6) is 0 Å². The highest BCUT2D eigenvalue weighted by molar-refractivity contribution is 9.10. The molecule has 0 saturated heterocycles. The maximum atomic E-state index is 14.4. The van der Waals surface area contributed by atoms with Crippen molar-refractivity contribution in [1.29, 1.82) is 0 Å². The largest absolute Gasteiger partial charge is 0.352 e. The van der Waals surface area contributed by atoms with Crippen LogP contribution in [0.25, 0.3) is 0 Å². The monoisotopic (exact) mass is 524 g/mol. The molecule has 0 heterocycles. The normalized spacial score (nSPS) is 12.6. The van der Waals surface area contributed by atoms with Gasteiger partial charge in [0.1, 0.15) is 11.9 Å². The molecule has 0 aliphatic rings. The minimum Gasteiger partial charge on any atom is -0.352 e. The van der Waals surface area contributed by atoms with Crippen LogP contribution in [0.2, 0.25) is 0 Å². The van der Waals surface area contributed by atoms with E-state index in [1.807, 2.05) is 68.4 Å². The van der Waals surface area contributed by atoms with Crippen molar-refractivity contribution in [3.8, 4) is 0 Å². The molecular weight excluding hydrogens is 495 g/mol. The lowest BCUT2D eigenvalue weighted by Gasteiger charge is -2.32. The highest BCUT2D eigenvalue weighted by Crippen LogP contribution is 2.20. The van der Waals surface area contributed by atoms with Gasteiger partial charge in [-0.1, -0.05) is 83.5 Å². The molecule has 0 fully saturated rings. The summed E-state index contributed by atoms with van der Waals surface area (Å²) in [7, 11) is 0. The molecule has 178 valence electrons. The van der Waals surface area contributed by atoms with E-state index in [0.717, 1.165) is 22.0 Å². The minimum atomic E-state index is -0.741. The van der Waals surface area contributed by atoms with Crippen molar-refractivity contribution in [2.45, 2.75) is 51.7 Å². The number of nitrogens with one attached hydrogen (secondary N) is 1. The molecule has 3 aromatic carbocycles. The summed E-state index contributed by atoms with van der Waals surface area (Å²) >= 11 is 3.48. The molecule has 0 saturated carbocycles. The van der Waals surface area contributed by atoms with Crippen molar-refractivity contribution < 1.29 is 14.0 Å². The zero-order valence-corrected chi connectivity index (χ0v) is 21.1. The average molecular weight is 525 g/mol. The second-order valence-electron chi connectivity index (χ2n) is 8.44. The minimum absolute atomic E-state index is 0.0276. The van der Waals surface area contributed by atoms with Crippen LogP contribution in [0.15, 0.2) is 83.3 Å². The van der Waals surface area contributed by atoms with E-state index in [1.54, 1.807) is 23.1 Å². The van der Waals surface area contributed by atoms with Crippen LogP contribution in [0.3, 0.4) is 0 Å². The van der Waals surface area contributed by atoms with Crippen LogP contribution in [0, 0.1) is 5.82 Å². The van der Waals surface area contributed by atoms with Gasteiger partial charge in [-0.15, -0.1) is 0 Å². The summed E-state index contributed by atoms with van der Waals surface area (Å²) in [5.74, 6) is -0.942. The summed E-state index contributed by atoms with van der Waals surface area (Å²) in [6.07, 6.45) is 1.02. The predicted molar refractivity (Wildman–Crippen MR) is 137 cm³/mol. The summed E-state index contributed by atoms with van der Waals surface area (Å²) in [6, 6.07) is 22.8. The van der Waals surface area contributed by atoms with Crippen LogP contribution in [0.1, 0.15) is 37.0 Å². The van der Waals surface area contributed by atoms with E-state index in [2.05, 4.69) is 21.2 Å². The lowest BCUT2D eigenvalue weighted by atomic mass is 10.0. The Hall–Kier alpha value is -2.99. The van der Waals surface area contributed by atoms with Crippen LogP contribution >= 0.6 is 15.9 Å². The van der Waals surface area contributed by atoms with Crippen molar-refractivity contribution in [2.24, 2.45) is 0 Å². The van der Waals surface area contributed by atoms with Crippen LogP contribution in [-0.4, -0.2) is 28.8 Å². The van der Waals surface area contributed by atoms with Crippen molar-refractivity contribution in [2.75, 3.05) is 0 Å². The summed E-state index contributed by atoms with van der Waals surface area (Å²) < 4.78 is 15.2. The number of amides is 2. The smallest absolute Gasteiger partial charge is 0.243 e. The molecule has 0 aromatic heterocycles. The van der Waals surface area contributed by atoms with Crippen molar-refractivity contribution in [1.82, 2.24) is 10.2 Å². The molecule has 2 unspecified atom stereocenters. The third kappa shape index (κ3) is 7.26. The highest BCUT2D eigenvalue weighted by Gasteiger charge is 2.31. The van der Waals surface area contributed by atoms with Gasteiger partial charge in [0.2, 0.25) is 11.8 Å². The fraction of sp³-hybridized carbons (Fsp3) is 0.286. The first kappa shape index (κ1) is 25.6. The zero-order chi connectivity index (χ0) is 24.5. The maximum absolute atomic E-state index is 14.4. The molecule has 2 atom stereocenters. The molecule has 0 aliphatic heterocycles. The third-order valence-corrected chi connectivity index (χ3v) is 6.31. The SMILES string of the molecule is CCC(C)NC(=O)C(Cc1ccccc1)N(Cc1cccc(Br)c1)C(=O)Cc1ccccc1F. The summed E-state index contributed by atoms with van der Waals surface area (Å²) in [5.41, 5.74) is 2.14. The summed E-state index contributed by atoms with van der Waals surface area (Å²) in [5, 5.41) is 3.04. The molecule has 1 N–H and O–H groups in total. The molecule has 3 aromatic rings. The van der Waals surface area contributed by atoms with Crippen molar-refractivity contribution in [3.05, 3.63) is 106 Å². The van der Waals surface area contributed by atoms with Crippen LogP contribution in [-0.2, 0) is 29.0 Å². The van der Waals surface area contributed by atoms with Gasteiger partial charge in [-0.25, -0.2) is 4.39 Å². The number of benzene rings is 3. The van der Waals surface area contributed by atoms with E-state index in [1.165, 1.54) is 6.07 Å². The Morgan fingerprint density at radius 1 is 0.971 bits per heavy atom. The van der Waals surface area contributed by atoms with E-state index >= 15 is 0 Å². The number of carbonyl (C=O) groups excluding carboxylic acids is 2. The van der Waals surface area contributed by atoms with Gasteiger partial charge in [-0.3, -0.25) is 9.59 Å². The van der Waals surface area contributed by atoms with Gasteiger partial charge in [0.25, 0.3) is 0 Å². The van der Waals surface area contributed by atoms with Gasteiger partial charge in [-0.2, -0.15) is 0 Å². The number of rotatable bonds is 10. The van der Waals surface area contributed by atoms with Gasteiger partial charge in [-0.05, 0) is 48.2 Å². The first-order chi connectivity index (χ1) is 16.4. The molecule has 6 heteroatoms. The molecule has 0 radical (unpaired) electrons. The third-order valence-electron chi connectivity index (χ3n) is 5.81. The maximum Gasteiger partial charge on any atom is 0.243 e. The molecule has 0 aliphatic carbocycles. The van der Waals surface area contributed by atoms with E-state index < -0.39 is 11.9 Å². The number of nitrogens with zero attached hydrogens (tertiary/aromatic N) is 1. The van der Waals surface area contributed by atoms with Gasteiger partial charge < -0.3 is 10.2 Å². The quantitative estimate of drug-likeness (QED) is 0.370. The van der Waals surface area contributed by atoms with E-state index in [4.69, 9.17) is 0 Å². The topological polar surface area (TPSA) is 49.4 Å². The lowest BCUT2D eigenvalue weighted by molar-refractivity contribution is -0.141. The number of carbonyl (C=O) groups is 2. The number of hydrogen-bond acceptors (Lipinski definition) is 2. The first-order valence-corrected chi connectivity index (χ1v) is 12.3. The van der Waals surface area contributed by atoms with Crippen LogP contribution < -0.4 is 5.32 Å². The fourth-order valence-electron chi connectivity index (χ4n) is 3.73. The Kier molecular flexibility index (Phi) is 9.40. The average Bonchev–Trinajstić information content (AvgIpc) is 2.83. The Morgan fingerprint density at radius 3 is 2.32 bits per heavy atom. The second kappa shape index (κ2) is 12.5. The standard InChI is InChI=1S/C28H30BrFN2O2/c1-3-20(2)31-28(34)26(17-21-10-5-4-6-11-21)32(19-22-12-9-14-24(29)16-22)27(33)18-23-13-7-8-15-25(23)30/h4-16,20,26H,3,17-19H2,1-2H3,(H,31,34). The zero-order valence-electron chi connectivity index (χ0n) is 19.5. The van der Waals surface area contributed by atoms with Crippen molar-refractivity contribution >= 4 is 27.7 Å². The number of hydrogen-bond donors (Lipinski definition) is 1. The number of halogens is 2. The molecule has 34 heavy (non-hydrogen) atoms.